The van der Waals surface area contributed by atoms with Crippen LogP contribution in [0.25, 0.3) is 11.3 Å². The molecule has 0 aliphatic carbocycles. The number of carbonyl (C=O) groups is 2. The number of aromatic carboxylic acids is 2. The van der Waals surface area contributed by atoms with Crippen LogP contribution in [0.15, 0.2) is 59.1 Å². The number of aromatic nitrogens is 1. The van der Waals surface area contributed by atoms with Crippen LogP contribution in [0.3, 0.4) is 0 Å². The molecule has 2 aromatic heterocycles. The summed E-state index contributed by atoms with van der Waals surface area (Å²) in [6.45, 7) is 2.85. The fourth-order valence-corrected chi connectivity index (χ4v) is 4.30. The first-order valence-corrected chi connectivity index (χ1v) is 11.0. The maximum atomic E-state index is 11.5. The SMILES string of the molecule is CCCCN1C(=S)N[C@@H](c2ccccn2)[C@@H]1c1ccc(-c2cc(C(=O)O)cc(C(=O)O)c2)o1. The molecule has 0 spiro atoms. The maximum absolute atomic E-state index is 11.5. The molecule has 0 unspecified atom stereocenters. The van der Waals surface area contributed by atoms with Crippen molar-refractivity contribution in [1.29, 1.82) is 0 Å². The molecule has 9 heteroatoms. The lowest BCUT2D eigenvalue weighted by molar-refractivity contribution is 0.0696. The van der Waals surface area contributed by atoms with E-state index in [0.717, 1.165) is 31.1 Å². The third kappa shape index (κ3) is 4.58. The fraction of sp³-hybridized carbons (Fsp3) is 0.250. The molecular weight excluding hydrogens is 442 g/mol. The molecule has 0 amide bonds. The van der Waals surface area contributed by atoms with Crippen LogP contribution in [-0.4, -0.2) is 43.7 Å². The van der Waals surface area contributed by atoms with Crippen molar-refractivity contribution >= 4 is 29.3 Å². The van der Waals surface area contributed by atoms with Gasteiger partial charge < -0.3 is 24.8 Å². The van der Waals surface area contributed by atoms with E-state index in [4.69, 9.17) is 16.6 Å². The summed E-state index contributed by atoms with van der Waals surface area (Å²) < 4.78 is 6.18. The molecule has 3 N–H and O–H groups in total. The van der Waals surface area contributed by atoms with Gasteiger partial charge in [-0.25, -0.2) is 9.59 Å². The Balaban J connectivity index is 1.75. The zero-order valence-electron chi connectivity index (χ0n) is 17.9. The van der Waals surface area contributed by atoms with Gasteiger partial charge in [0, 0.05) is 18.3 Å². The van der Waals surface area contributed by atoms with Gasteiger partial charge in [-0.2, -0.15) is 0 Å². The summed E-state index contributed by atoms with van der Waals surface area (Å²) in [6, 6.07) is 12.7. The van der Waals surface area contributed by atoms with Crippen LogP contribution in [0.5, 0.6) is 0 Å². The molecule has 4 rings (SSSR count). The number of rotatable bonds is 8. The molecule has 3 heterocycles. The summed E-state index contributed by atoms with van der Waals surface area (Å²) >= 11 is 5.61. The first-order valence-electron chi connectivity index (χ1n) is 10.6. The van der Waals surface area contributed by atoms with Crippen molar-refractivity contribution in [2.75, 3.05) is 6.54 Å². The summed E-state index contributed by atoms with van der Waals surface area (Å²) in [5.74, 6) is -1.42. The second-order valence-electron chi connectivity index (χ2n) is 7.78. The van der Waals surface area contributed by atoms with E-state index in [-0.39, 0.29) is 23.2 Å². The van der Waals surface area contributed by atoms with Crippen LogP contribution in [-0.2, 0) is 0 Å². The van der Waals surface area contributed by atoms with Gasteiger partial charge in [0.05, 0.1) is 22.9 Å². The van der Waals surface area contributed by atoms with Gasteiger partial charge in [-0.3, -0.25) is 4.98 Å². The van der Waals surface area contributed by atoms with Gasteiger partial charge in [0.25, 0.3) is 0 Å². The predicted octanol–water partition coefficient (Wildman–Crippen LogP) is 4.51. The molecule has 1 aromatic carbocycles. The van der Waals surface area contributed by atoms with Crippen LogP contribution >= 0.6 is 12.2 Å². The van der Waals surface area contributed by atoms with Crippen molar-refractivity contribution in [3.05, 3.63) is 77.3 Å². The molecule has 1 aliphatic heterocycles. The summed E-state index contributed by atoms with van der Waals surface area (Å²) in [6.07, 6.45) is 3.68. The summed E-state index contributed by atoms with van der Waals surface area (Å²) in [5.41, 5.74) is 0.953. The number of hydrogen-bond acceptors (Lipinski definition) is 5. The van der Waals surface area contributed by atoms with Crippen molar-refractivity contribution in [2.24, 2.45) is 0 Å². The highest BCUT2D eigenvalue weighted by Gasteiger charge is 2.41. The molecule has 1 fully saturated rings. The first-order chi connectivity index (χ1) is 15.9. The lowest BCUT2D eigenvalue weighted by Crippen LogP contribution is -2.30. The van der Waals surface area contributed by atoms with Crippen molar-refractivity contribution in [3.63, 3.8) is 0 Å². The molecule has 0 saturated carbocycles. The minimum absolute atomic E-state index is 0.123. The molecule has 2 atom stereocenters. The van der Waals surface area contributed by atoms with Crippen LogP contribution in [0.1, 0.15) is 64.0 Å². The summed E-state index contributed by atoms with van der Waals surface area (Å²) in [4.78, 5) is 29.6. The highest BCUT2D eigenvalue weighted by atomic mass is 32.1. The Morgan fingerprint density at radius 3 is 2.45 bits per heavy atom. The van der Waals surface area contributed by atoms with Gasteiger partial charge >= 0.3 is 11.9 Å². The molecule has 8 nitrogen and oxygen atoms in total. The number of nitrogens with one attached hydrogen (secondary N) is 1. The Morgan fingerprint density at radius 2 is 1.85 bits per heavy atom. The van der Waals surface area contributed by atoms with Crippen LogP contribution in [0.2, 0.25) is 0 Å². The number of carboxylic acids is 2. The average Bonchev–Trinajstić information content (AvgIpc) is 3.42. The fourth-order valence-electron chi connectivity index (χ4n) is 3.97. The van der Waals surface area contributed by atoms with Gasteiger partial charge in [-0.05, 0) is 61.1 Å². The lowest BCUT2D eigenvalue weighted by atomic mass is 10.0. The Kier molecular flexibility index (Phi) is 6.41. The van der Waals surface area contributed by atoms with Gasteiger partial charge in [0.15, 0.2) is 5.11 Å². The van der Waals surface area contributed by atoms with E-state index in [9.17, 15) is 19.8 Å². The van der Waals surface area contributed by atoms with Gasteiger partial charge in [0.1, 0.15) is 17.6 Å². The second kappa shape index (κ2) is 9.41. The van der Waals surface area contributed by atoms with Crippen LogP contribution < -0.4 is 5.32 Å². The number of benzene rings is 1. The van der Waals surface area contributed by atoms with Gasteiger partial charge in [-0.1, -0.05) is 19.4 Å². The van der Waals surface area contributed by atoms with E-state index in [2.05, 4.69) is 22.1 Å². The molecule has 0 radical (unpaired) electrons. The molecule has 3 aromatic rings. The smallest absolute Gasteiger partial charge is 0.335 e. The summed E-state index contributed by atoms with van der Waals surface area (Å²) in [7, 11) is 0. The van der Waals surface area contributed by atoms with E-state index in [1.807, 2.05) is 24.3 Å². The van der Waals surface area contributed by atoms with Crippen molar-refractivity contribution < 1.29 is 24.2 Å². The van der Waals surface area contributed by atoms with E-state index in [1.165, 1.54) is 12.1 Å². The molecular formula is C24H23N3O5S. The maximum Gasteiger partial charge on any atom is 0.335 e. The van der Waals surface area contributed by atoms with E-state index in [0.29, 0.717) is 22.2 Å². The number of unbranched alkanes of at least 4 members (excludes halogenated alkanes) is 1. The largest absolute Gasteiger partial charge is 0.478 e. The standard InChI is InChI=1S/C24H23N3O5S/c1-2-3-10-27-21(20(26-24(27)33)17-6-4-5-9-25-17)19-8-7-18(32-19)14-11-15(22(28)29)13-16(12-14)23(30)31/h4-9,11-13,20-21H,2-3,10H2,1H3,(H,26,33)(H,28,29)(H,30,31)/t20-,21-/m0/s1. The van der Waals surface area contributed by atoms with Gasteiger partial charge in [-0.15, -0.1) is 0 Å². The molecule has 1 saturated heterocycles. The topological polar surface area (TPSA) is 116 Å². The highest BCUT2D eigenvalue weighted by molar-refractivity contribution is 7.80. The van der Waals surface area contributed by atoms with Gasteiger partial charge in [0.2, 0.25) is 0 Å². The van der Waals surface area contributed by atoms with Crippen molar-refractivity contribution in [2.45, 2.75) is 31.8 Å². The Bertz CT molecular complexity index is 1160. The molecule has 33 heavy (non-hydrogen) atoms. The number of furan rings is 1. The number of nitrogens with zero attached hydrogens (tertiary/aromatic N) is 2. The third-order valence-corrected chi connectivity index (χ3v) is 5.93. The van der Waals surface area contributed by atoms with Crippen LogP contribution in [0, 0.1) is 0 Å². The Morgan fingerprint density at radius 1 is 1.12 bits per heavy atom. The second-order valence-corrected chi connectivity index (χ2v) is 8.17. The van der Waals surface area contributed by atoms with Crippen molar-refractivity contribution in [1.82, 2.24) is 15.2 Å². The van der Waals surface area contributed by atoms with Crippen LogP contribution in [0.4, 0.5) is 0 Å². The van der Waals surface area contributed by atoms with E-state index in [1.54, 1.807) is 12.3 Å². The Labute approximate surface area is 195 Å². The normalized spacial score (nSPS) is 17.7. The van der Waals surface area contributed by atoms with Crippen molar-refractivity contribution in [3.8, 4) is 11.3 Å². The Hall–Kier alpha value is -3.72. The average molecular weight is 466 g/mol. The quantitative estimate of drug-likeness (QED) is 0.413. The lowest BCUT2D eigenvalue weighted by Gasteiger charge is -2.25. The molecule has 1 aliphatic rings. The zero-order chi connectivity index (χ0) is 23.5. The predicted molar refractivity (Wildman–Crippen MR) is 125 cm³/mol. The highest BCUT2D eigenvalue weighted by Crippen LogP contribution is 2.40. The van der Waals surface area contributed by atoms with E-state index < -0.39 is 11.9 Å². The minimum atomic E-state index is -1.21. The number of pyridine rings is 1. The number of carboxylic acid groups (broad SMARTS) is 2. The molecule has 170 valence electrons. The summed E-state index contributed by atoms with van der Waals surface area (Å²) in [5, 5.41) is 22.7. The third-order valence-electron chi connectivity index (χ3n) is 5.58. The monoisotopic (exact) mass is 465 g/mol. The minimum Gasteiger partial charge on any atom is -0.478 e. The molecule has 0 bridgehead atoms. The first kappa shape index (κ1) is 22.5. The zero-order valence-corrected chi connectivity index (χ0v) is 18.7. The van der Waals surface area contributed by atoms with E-state index >= 15 is 0 Å². The number of hydrogen-bond donors (Lipinski definition) is 3. The number of thiocarbonyl (C=S) groups is 1.